The monoisotopic (exact) mass is 567 g/mol. The fourth-order valence-corrected chi connectivity index (χ4v) is 5.95. The van der Waals surface area contributed by atoms with Gasteiger partial charge in [-0.05, 0) is 84.4 Å². The van der Waals surface area contributed by atoms with Gasteiger partial charge in [0.1, 0.15) is 11.4 Å². The molecule has 5 aromatic rings. The maximum atomic E-state index is 13.1. The van der Waals surface area contributed by atoms with Gasteiger partial charge in [-0.25, -0.2) is 0 Å². The summed E-state index contributed by atoms with van der Waals surface area (Å²) in [6.07, 6.45) is 0.548. The van der Waals surface area contributed by atoms with Crippen LogP contribution in [0.3, 0.4) is 0 Å². The first-order valence-corrected chi connectivity index (χ1v) is 13.8. The first-order chi connectivity index (χ1) is 18.3. The van der Waals surface area contributed by atoms with Crippen molar-refractivity contribution in [1.29, 1.82) is 0 Å². The molecule has 0 aliphatic carbocycles. The molecule has 1 N–H and O–H groups in total. The van der Waals surface area contributed by atoms with Crippen molar-refractivity contribution in [3.05, 3.63) is 124 Å². The van der Waals surface area contributed by atoms with Crippen molar-refractivity contribution in [3.8, 4) is 5.75 Å². The molecule has 0 aliphatic rings. The fraction of sp³-hybridized carbons (Fsp3) is 0.235. The summed E-state index contributed by atoms with van der Waals surface area (Å²) >= 11 is 3.64. The number of aliphatic hydroxyl groups is 1. The predicted octanol–water partition coefficient (Wildman–Crippen LogP) is 8.04. The normalized spacial score (nSPS) is 14.1. The van der Waals surface area contributed by atoms with Crippen molar-refractivity contribution in [2.24, 2.45) is 0 Å². The lowest BCUT2D eigenvalue weighted by Crippen LogP contribution is -2.38. The zero-order valence-corrected chi connectivity index (χ0v) is 24.0. The molecule has 38 heavy (non-hydrogen) atoms. The zero-order chi connectivity index (χ0) is 26.9. The van der Waals surface area contributed by atoms with Crippen molar-refractivity contribution in [2.75, 3.05) is 27.7 Å². The second-order valence-electron chi connectivity index (χ2n) is 10.4. The number of ether oxygens (including phenoxy) is 1. The van der Waals surface area contributed by atoms with E-state index in [1.165, 1.54) is 5.56 Å². The molecule has 2 unspecified atom stereocenters. The molecular formula is C34H34BrNO2. The molecule has 194 valence electrons. The highest BCUT2D eigenvalue weighted by atomic mass is 79.9. The predicted molar refractivity (Wildman–Crippen MR) is 162 cm³/mol. The van der Waals surface area contributed by atoms with E-state index in [2.05, 4.69) is 121 Å². The Hall–Kier alpha value is -3.18. The van der Waals surface area contributed by atoms with Crippen LogP contribution in [0.15, 0.2) is 102 Å². The number of rotatable bonds is 8. The quantitative estimate of drug-likeness (QED) is 0.206. The number of aryl methyl sites for hydroxylation is 1. The van der Waals surface area contributed by atoms with Gasteiger partial charge >= 0.3 is 0 Å². The first kappa shape index (κ1) is 26.4. The van der Waals surface area contributed by atoms with E-state index in [9.17, 15) is 5.11 Å². The molecule has 0 radical (unpaired) electrons. The van der Waals surface area contributed by atoms with Crippen LogP contribution >= 0.6 is 15.9 Å². The lowest BCUT2D eigenvalue weighted by Gasteiger charge is -2.40. The molecule has 0 fully saturated rings. The van der Waals surface area contributed by atoms with Gasteiger partial charge in [0, 0.05) is 22.5 Å². The average Bonchev–Trinajstić information content (AvgIpc) is 2.92. The van der Waals surface area contributed by atoms with Gasteiger partial charge in [-0.1, -0.05) is 94.3 Å². The summed E-state index contributed by atoms with van der Waals surface area (Å²) in [4.78, 5) is 2.14. The lowest BCUT2D eigenvalue weighted by atomic mass is 9.70. The van der Waals surface area contributed by atoms with Gasteiger partial charge in [0.2, 0.25) is 0 Å². The smallest absolute Gasteiger partial charge is 0.123 e. The second kappa shape index (κ2) is 10.9. The Labute approximate surface area is 233 Å². The maximum absolute atomic E-state index is 13.1. The molecule has 2 atom stereocenters. The summed E-state index contributed by atoms with van der Waals surface area (Å²) < 4.78 is 7.04. The molecule has 5 rings (SSSR count). The SMILES string of the molecule is COc1cc2ccc(Br)cc2cc1C(c1ccc(C)cc1)C(O)(CCN(C)C)c1cccc2ccccc12. The highest BCUT2D eigenvalue weighted by Crippen LogP contribution is 2.49. The highest BCUT2D eigenvalue weighted by Gasteiger charge is 2.42. The van der Waals surface area contributed by atoms with Crippen molar-refractivity contribution in [3.63, 3.8) is 0 Å². The number of methoxy groups -OCH3 is 1. The van der Waals surface area contributed by atoms with Crippen molar-refractivity contribution in [2.45, 2.75) is 24.9 Å². The number of fused-ring (bicyclic) bond motifs is 2. The van der Waals surface area contributed by atoms with Crippen molar-refractivity contribution >= 4 is 37.5 Å². The summed E-state index contributed by atoms with van der Waals surface area (Å²) in [5.74, 6) is 0.404. The number of nitrogens with zero attached hydrogens (tertiary/aromatic N) is 1. The lowest BCUT2D eigenvalue weighted by molar-refractivity contribution is 0.00534. The summed E-state index contributed by atoms with van der Waals surface area (Å²) in [5.41, 5.74) is 2.92. The van der Waals surface area contributed by atoms with Gasteiger partial charge in [0.25, 0.3) is 0 Å². The molecule has 0 amide bonds. The summed E-state index contributed by atoms with van der Waals surface area (Å²) in [6.45, 7) is 2.82. The minimum atomic E-state index is -1.21. The van der Waals surface area contributed by atoms with E-state index in [-0.39, 0.29) is 5.92 Å². The summed E-state index contributed by atoms with van der Waals surface area (Å²) in [5, 5.41) is 17.5. The highest BCUT2D eigenvalue weighted by molar-refractivity contribution is 9.10. The molecule has 0 heterocycles. The van der Waals surface area contributed by atoms with Crippen LogP contribution < -0.4 is 4.74 Å². The van der Waals surface area contributed by atoms with Crippen LogP contribution in [0, 0.1) is 6.92 Å². The molecule has 5 aromatic carbocycles. The number of hydrogen-bond acceptors (Lipinski definition) is 3. The Morgan fingerprint density at radius 1 is 0.842 bits per heavy atom. The van der Waals surface area contributed by atoms with E-state index in [0.717, 1.165) is 55.0 Å². The van der Waals surface area contributed by atoms with Crippen LogP contribution in [0.4, 0.5) is 0 Å². The summed E-state index contributed by atoms with van der Waals surface area (Å²) in [7, 11) is 5.82. The number of hydrogen-bond donors (Lipinski definition) is 1. The van der Waals surface area contributed by atoms with Crippen LogP contribution in [0.25, 0.3) is 21.5 Å². The Balaban J connectivity index is 1.85. The Kier molecular flexibility index (Phi) is 7.58. The van der Waals surface area contributed by atoms with E-state index in [0.29, 0.717) is 6.42 Å². The van der Waals surface area contributed by atoms with E-state index in [1.807, 2.05) is 18.2 Å². The topological polar surface area (TPSA) is 32.7 Å². The maximum Gasteiger partial charge on any atom is 0.123 e. The Bertz CT molecular complexity index is 1570. The third-order valence-electron chi connectivity index (χ3n) is 7.55. The Morgan fingerprint density at radius 3 is 2.32 bits per heavy atom. The molecule has 0 saturated heterocycles. The van der Waals surface area contributed by atoms with Crippen molar-refractivity contribution < 1.29 is 9.84 Å². The largest absolute Gasteiger partial charge is 0.496 e. The third-order valence-corrected chi connectivity index (χ3v) is 8.04. The molecule has 0 spiro atoms. The number of benzene rings is 5. The minimum Gasteiger partial charge on any atom is -0.496 e. The molecule has 0 aromatic heterocycles. The van der Waals surface area contributed by atoms with Crippen LogP contribution in [-0.4, -0.2) is 37.8 Å². The second-order valence-corrected chi connectivity index (χ2v) is 11.3. The fourth-order valence-electron chi connectivity index (χ4n) is 5.57. The van der Waals surface area contributed by atoms with Crippen LogP contribution in [0.2, 0.25) is 0 Å². The van der Waals surface area contributed by atoms with Crippen LogP contribution in [-0.2, 0) is 5.60 Å². The molecule has 0 bridgehead atoms. The number of halogens is 1. The van der Waals surface area contributed by atoms with Gasteiger partial charge in [-0.15, -0.1) is 0 Å². The zero-order valence-electron chi connectivity index (χ0n) is 22.4. The van der Waals surface area contributed by atoms with Crippen molar-refractivity contribution in [1.82, 2.24) is 4.90 Å². The van der Waals surface area contributed by atoms with E-state index >= 15 is 0 Å². The standard InChI is InChI=1S/C34H34BrNO2/c1-23-12-14-25(15-13-23)33(30-21-27-20-28(35)17-16-26(27)22-32(30)38-4)34(37,18-19-36(2)3)31-11-7-9-24-8-5-6-10-29(24)31/h5-17,20-22,33,37H,18-19H2,1-4H3. The third kappa shape index (κ3) is 5.09. The Morgan fingerprint density at radius 2 is 1.58 bits per heavy atom. The molecule has 0 aliphatic heterocycles. The first-order valence-electron chi connectivity index (χ1n) is 13.0. The molecular weight excluding hydrogens is 534 g/mol. The molecule has 4 heteroatoms. The van der Waals surface area contributed by atoms with Gasteiger partial charge in [-0.2, -0.15) is 0 Å². The summed E-state index contributed by atoms with van der Waals surface area (Å²) in [6, 6.07) is 33.7. The molecule has 0 saturated carbocycles. The van der Waals surface area contributed by atoms with E-state index < -0.39 is 5.60 Å². The van der Waals surface area contributed by atoms with Gasteiger partial charge in [0.05, 0.1) is 7.11 Å². The van der Waals surface area contributed by atoms with Gasteiger partial charge in [-0.3, -0.25) is 0 Å². The van der Waals surface area contributed by atoms with E-state index in [1.54, 1.807) is 7.11 Å². The van der Waals surface area contributed by atoms with E-state index in [4.69, 9.17) is 4.74 Å². The average molecular weight is 569 g/mol. The minimum absolute atomic E-state index is 0.368. The van der Waals surface area contributed by atoms with Gasteiger partial charge < -0.3 is 14.7 Å². The van der Waals surface area contributed by atoms with Crippen LogP contribution in [0.1, 0.15) is 34.6 Å². The van der Waals surface area contributed by atoms with Crippen LogP contribution in [0.5, 0.6) is 5.75 Å². The molecule has 3 nitrogen and oxygen atoms in total. The van der Waals surface area contributed by atoms with Gasteiger partial charge in [0.15, 0.2) is 0 Å².